The number of carboxylic acid groups (broad SMARTS) is 1. The Bertz CT molecular complexity index is 606. The summed E-state index contributed by atoms with van der Waals surface area (Å²) in [6, 6.07) is 11.7. The van der Waals surface area contributed by atoms with Crippen LogP contribution in [0.1, 0.15) is 28.4 Å². The van der Waals surface area contributed by atoms with Crippen LogP contribution in [0, 0.1) is 5.82 Å². The van der Waals surface area contributed by atoms with Crippen LogP contribution in [0.5, 0.6) is 5.75 Å². The molecule has 0 aliphatic rings. The van der Waals surface area contributed by atoms with Crippen molar-refractivity contribution in [3.8, 4) is 5.75 Å². The Morgan fingerprint density at radius 1 is 1.15 bits per heavy atom. The molecule has 20 heavy (non-hydrogen) atoms. The number of aryl methyl sites for hydroxylation is 1. The summed E-state index contributed by atoms with van der Waals surface area (Å²) >= 11 is 0. The summed E-state index contributed by atoms with van der Waals surface area (Å²) in [7, 11) is 0. The second-order valence-electron chi connectivity index (χ2n) is 4.41. The van der Waals surface area contributed by atoms with Gasteiger partial charge in [-0.2, -0.15) is 0 Å². The molecule has 0 saturated carbocycles. The van der Waals surface area contributed by atoms with Crippen LogP contribution < -0.4 is 4.74 Å². The molecule has 0 heterocycles. The molecule has 0 aliphatic carbocycles. The maximum absolute atomic E-state index is 13.5. The molecule has 0 radical (unpaired) electrons. The standard InChI is InChI=1S/C16H15FO3/c1-2-11-3-6-13(7-4-11)20-10-12-5-8-14(16(18)19)15(17)9-12/h3-9H,2,10H2,1H3,(H,18,19). The summed E-state index contributed by atoms with van der Waals surface area (Å²) in [5.41, 5.74) is 1.47. The van der Waals surface area contributed by atoms with Gasteiger partial charge in [0.1, 0.15) is 18.2 Å². The molecule has 0 bridgehead atoms. The molecule has 0 aliphatic heterocycles. The first-order chi connectivity index (χ1) is 9.60. The fourth-order valence-electron chi connectivity index (χ4n) is 1.81. The normalized spacial score (nSPS) is 10.3. The van der Waals surface area contributed by atoms with Crippen molar-refractivity contribution in [2.75, 3.05) is 0 Å². The number of halogens is 1. The molecule has 3 nitrogen and oxygen atoms in total. The summed E-state index contributed by atoms with van der Waals surface area (Å²) in [6.45, 7) is 2.27. The third-order valence-electron chi connectivity index (χ3n) is 3.00. The molecule has 2 aromatic rings. The third-order valence-corrected chi connectivity index (χ3v) is 3.00. The Labute approximate surface area is 116 Å². The predicted molar refractivity (Wildman–Crippen MR) is 73.5 cm³/mol. The molecule has 4 heteroatoms. The van der Waals surface area contributed by atoms with Crippen molar-refractivity contribution in [2.24, 2.45) is 0 Å². The van der Waals surface area contributed by atoms with Crippen molar-refractivity contribution in [1.29, 1.82) is 0 Å². The highest BCUT2D eigenvalue weighted by Gasteiger charge is 2.10. The topological polar surface area (TPSA) is 46.5 Å². The summed E-state index contributed by atoms with van der Waals surface area (Å²) in [4.78, 5) is 10.7. The molecule has 0 aromatic heterocycles. The van der Waals surface area contributed by atoms with Gasteiger partial charge >= 0.3 is 5.97 Å². The molecule has 0 amide bonds. The van der Waals surface area contributed by atoms with Gasteiger partial charge in [-0.1, -0.05) is 25.1 Å². The Balaban J connectivity index is 2.03. The van der Waals surface area contributed by atoms with E-state index in [0.29, 0.717) is 11.3 Å². The fourth-order valence-corrected chi connectivity index (χ4v) is 1.81. The summed E-state index contributed by atoms with van der Waals surface area (Å²) in [5.74, 6) is -1.32. The smallest absolute Gasteiger partial charge is 0.338 e. The van der Waals surface area contributed by atoms with E-state index in [1.165, 1.54) is 17.7 Å². The molecule has 104 valence electrons. The van der Waals surface area contributed by atoms with Crippen LogP contribution in [-0.2, 0) is 13.0 Å². The average molecular weight is 274 g/mol. The molecule has 2 rings (SSSR count). The van der Waals surface area contributed by atoms with Crippen LogP contribution in [0.4, 0.5) is 4.39 Å². The number of ether oxygens (including phenoxy) is 1. The molecule has 1 N–H and O–H groups in total. The molecule has 0 saturated heterocycles. The highest BCUT2D eigenvalue weighted by molar-refractivity contribution is 5.87. The van der Waals surface area contributed by atoms with Crippen LogP contribution >= 0.6 is 0 Å². The summed E-state index contributed by atoms with van der Waals surface area (Å²) in [6.07, 6.45) is 0.960. The molecule has 0 fully saturated rings. The SMILES string of the molecule is CCc1ccc(OCc2ccc(C(=O)O)c(F)c2)cc1. The van der Waals surface area contributed by atoms with E-state index in [9.17, 15) is 9.18 Å². The van der Waals surface area contributed by atoms with Gasteiger partial charge < -0.3 is 9.84 Å². The van der Waals surface area contributed by atoms with E-state index in [2.05, 4.69) is 6.92 Å². The first kappa shape index (κ1) is 14.1. The highest BCUT2D eigenvalue weighted by atomic mass is 19.1. The fraction of sp³-hybridized carbons (Fsp3) is 0.188. The van der Waals surface area contributed by atoms with E-state index in [-0.39, 0.29) is 12.2 Å². The van der Waals surface area contributed by atoms with Crippen LogP contribution in [0.2, 0.25) is 0 Å². The van der Waals surface area contributed by atoms with Crippen molar-refractivity contribution in [2.45, 2.75) is 20.0 Å². The minimum absolute atomic E-state index is 0.197. The van der Waals surface area contributed by atoms with Crippen molar-refractivity contribution < 1.29 is 19.0 Å². The number of carbonyl (C=O) groups is 1. The lowest BCUT2D eigenvalue weighted by molar-refractivity contribution is 0.0692. The maximum atomic E-state index is 13.5. The second kappa shape index (κ2) is 6.19. The zero-order valence-electron chi connectivity index (χ0n) is 11.1. The number of aromatic carboxylic acids is 1. The van der Waals surface area contributed by atoms with Crippen LogP contribution in [0.15, 0.2) is 42.5 Å². The molecule has 0 unspecified atom stereocenters. The van der Waals surface area contributed by atoms with Gasteiger partial charge in [-0.3, -0.25) is 0 Å². The Morgan fingerprint density at radius 3 is 2.35 bits per heavy atom. The quantitative estimate of drug-likeness (QED) is 0.905. The lowest BCUT2D eigenvalue weighted by Gasteiger charge is -2.08. The zero-order chi connectivity index (χ0) is 14.5. The van der Waals surface area contributed by atoms with Gasteiger partial charge in [0.15, 0.2) is 0 Å². The molecule has 0 atom stereocenters. The van der Waals surface area contributed by atoms with E-state index in [0.717, 1.165) is 6.42 Å². The number of hydrogen-bond acceptors (Lipinski definition) is 2. The van der Waals surface area contributed by atoms with Gasteiger partial charge in [0, 0.05) is 0 Å². The number of hydrogen-bond donors (Lipinski definition) is 1. The Kier molecular flexibility index (Phi) is 4.35. The van der Waals surface area contributed by atoms with Crippen LogP contribution in [0.3, 0.4) is 0 Å². The first-order valence-electron chi connectivity index (χ1n) is 6.33. The third kappa shape index (κ3) is 3.35. The first-order valence-corrected chi connectivity index (χ1v) is 6.33. The highest BCUT2D eigenvalue weighted by Crippen LogP contribution is 2.16. The van der Waals surface area contributed by atoms with Crippen LogP contribution in [-0.4, -0.2) is 11.1 Å². The number of carboxylic acids is 1. The van der Waals surface area contributed by atoms with E-state index in [4.69, 9.17) is 9.84 Å². The average Bonchev–Trinajstić information content (AvgIpc) is 2.45. The predicted octanol–water partition coefficient (Wildman–Crippen LogP) is 3.67. The van der Waals surface area contributed by atoms with E-state index < -0.39 is 11.8 Å². The summed E-state index contributed by atoms with van der Waals surface area (Å²) in [5, 5.41) is 8.74. The van der Waals surface area contributed by atoms with Gasteiger partial charge in [0.2, 0.25) is 0 Å². The van der Waals surface area contributed by atoms with Gasteiger partial charge in [-0.25, -0.2) is 9.18 Å². The van der Waals surface area contributed by atoms with Gasteiger partial charge in [-0.15, -0.1) is 0 Å². The molecule has 2 aromatic carbocycles. The summed E-state index contributed by atoms with van der Waals surface area (Å²) < 4.78 is 19.0. The van der Waals surface area contributed by atoms with Crippen molar-refractivity contribution in [1.82, 2.24) is 0 Å². The molecular weight excluding hydrogens is 259 g/mol. The van der Waals surface area contributed by atoms with E-state index >= 15 is 0 Å². The van der Waals surface area contributed by atoms with Crippen molar-refractivity contribution in [3.63, 3.8) is 0 Å². The lowest BCUT2D eigenvalue weighted by Crippen LogP contribution is -2.02. The van der Waals surface area contributed by atoms with Crippen molar-refractivity contribution in [3.05, 3.63) is 65.0 Å². The van der Waals surface area contributed by atoms with E-state index in [1.54, 1.807) is 6.07 Å². The van der Waals surface area contributed by atoms with Gasteiger partial charge in [-0.05, 0) is 41.8 Å². The van der Waals surface area contributed by atoms with Crippen molar-refractivity contribution >= 4 is 5.97 Å². The monoisotopic (exact) mass is 274 g/mol. The Hall–Kier alpha value is -2.36. The number of rotatable bonds is 5. The minimum Gasteiger partial charge on any atom is -0.489 e. The molecular formula is C16H15FO3. The van der Waals surface area contributed by atoms with Crippen LogP contribution in [0.25, 0.3) is 0 Å². The Morgan fingerprint density at radius 2 is 1.80 bits per heavy atom. The minimum atomic E-state index is -1.27. The van der Waals surface area contributed by atoms with Gasteiger partial charge in [0.25, 0.3) is 0 Å². The second-order valence-corrected chi connectivity index (χ2v) is 4.41. The largest absolute Gasteiger partial charge is 0.489 e. The molecule has 0 spiro atoms. The van der Waals surface area contributed by atoms with E-state index in [1.807, 2.05) is 24.3 Å². The lowest BCUT2D eigenvalue weighted by atomic mass is 10.1. The zero-order valence-corrected chi connectivity index (χ0v) is 11.1. The maximum Gasteiger partial charge on any atom is 0.338 e. The van der Waals surface area contributed by atoms with Gasteiger partial charge in [0.05, 0.1) is 5.56 Å². The number of benzene rings is 2.